The summed E-state index contributed by atoms with van der Waals surface area (Å²) in [7, 11) is 1.62. The second-order valence-corrected chi connectivity index (χ2v) is 7.94. The maximum absolute atomic E-state index is 13.2. The predicted molar refractivity (Wildman–Crippen MR) is 112 cm³/mol. The molecule has 0 saturated carbocycles. The summed E-state index contributed by atoms with van der Waals surface area (Å²) < 4.78 is 2.65. The Hall–Kier alpha value is -2.41. The molecule has 0 spiro atoms. The summed E-state index contributed by atoms with van der Waals surface area (Å²) in [4.78, 5) is 52.0. The van der Waals surface area contributed by atoms with Crippen molar-refractivity contribution in [3.05, 3.63) is 54.6 Å². The van der Waals surface area contributed by atoms with Crippen LogP contribution in [0.15, 0.2) is 32.2 Å². The van der Waals surface area contributed by atoms with Crippen LogP contribution in [0.4, 0.5) is 0 Å². The Labute approximate surface area is 167 Å². The number of Topliss-reactive ketones (excluding diaryl/α,β-unsaturated/α-hetero) is 2. The lowest BCUT2D eigenvalue weighted by atomic mass is 9.89. The number of allylic oxidation sites excluding steroid dienone is 2. The van der Waals surface area contributed by atoms with E-state index in [4.69, 9.17) is 0 Å². The number of rotatable bonds is 5. The maximum Gasteiger partial charge on any atom is 0.331 e. The van der Waals surface area contributed by atoms with E-state index in [0.717, 1.165) is 17.7 Å². The largest absolute Gasteiger partial charge is 0.331 e. The number of hydrogen-bond acceptors (Lipinski definition) is 5. The molecule has 0 saturated heterocycles. The molecule has 0 aliphatic heterocycles. The van der Waals surface area contributed by atoms with Crippen LogP contribution in [0.3, 0.4) is 0 Å². The van der Waals surface area contributed by atoms with E-state index in [2.05, 4.69) is 0 Å². The molecule has 1 heterocycles. The molecule has 0 radical (unpaired) electrons. The number of fused-ring (bicyclic) bond motifs is 1. The summed E-state index contributed by atoms with van der Waals surface area (Å²) in [5.74, 6) is -0.465. The van der Waals surface area contributed by atoms with Crippen molar-refractivity contribution in [2.75, 3.05) is 6.26 Å². The molecule has 1 aliphatic carbocycles. The van der Waals surface area contributed by atoms with Gasteiger partial charge in [-0.05, 0) is 55.0 Å². The first-order valence-corrected chi connectivity index (χ1v) is 10.6. The number of carbonyl (C=O) groups excluding carboxylic acids is 2. The molecule has 1 aromatic heterocycles. The number of ketones is 2. The zero-order valence-corrected chi connectivity index (χ0v) is 17.4. The summed E-state index contributed by atoms with van der Waals surface area (Å²) >= 11 is 1.43. The number of benzene rings is 1. The van der Waals surface area contributed by atoms with Gasteiger partial charge in [0.15, 0.2) is 11.6 Å². The van der Waals surface area contributed by atoms with Crippen LogP contribution in [-0.2, 0) is 18.4 Å². The zero-order chi connectivity index (χ0) is 20.6. The van der Waals surface area contributed by atoms with Crippen molar-refractivity contribution < 1.29 is 9.59 Å². The lowest BCUT2D eigenvalue weighted by Crippen LogP contribution is -2.39. The van der Waals surface area contributed by atoms with Gasteiger partial charge in [0.05, 0.1) is 16.5 Å². The molecule has 28 heavy (non-hydrogen) atoms. The third-order valence-corrected chi connectivity index (χ3v) is 6.21. The summed E-state index contributed by atoms with van der Waals surface area (Å²) in [5, 5.41) is 0.357. The van der Waals surface area contributed by atoms with Gasteiger partial charge in [0.2, 0.25) is 0 Å². The molecule has 0 fully saturated rings. The standard InChI is InChI=1S/C21H24N2O4S/c1-5-11-23-20(26)17-12(2)13(9-10-14(17)22(3)21(23)27)19(25)18-15(24)7-6-8-16(18)28-4/h9-10H,5-8,11H2,1-4H3. The highest BCUT2D eigenvalue weighted by Crippen LogP contribution is 2.32. The first-order chi connectivity index (χ1) is 13.3. The second-order valence-electron chi connectivity index (χ2n) is 7.04. The van der Waals surface area contributed by atoms with Crippen LogP contribution in [0.2, 0.25) is 0 Å². The van der Waals surface area contributed by atoms with Crippen molar-refractivity contribution in [3.63, 3.8) is 0 Å². The van der Waals surface area contributed by atoms with Crippen LogP contribution >= 0.6 is 11.8 Å². The monoisotopic (exact) mass is 400 g/mol. The van der Waals surface area contributed by atoms with Gasteiger partial charge in [-0.2, -0.15) is 0 Å². The molecular formula is C21H24N2O4S. The van der Waals surface area contributed by atoms with Crippen molar-refractivity contribution in [3.8, 4) is 0 Å². The number of carbonyl (C=O) groups is 2. The lowest BCUT2D eigenvalue weighted by molar-refractivity contribution is -0.115. The zero-order valence-electron chi connectivity index (χ0n) is 16.6. The van der Waals surface area contributed by atoms with Crippen LogP contribution in [-0.4, -0.2) is 27.0 Å². The minimum absolute atomic E-state index is 0.135. The van der Waals surface area contributed by atoms with Gasteiger partial charge in [-0.15, -0.1) is 11.8 Å². The molecular weight excluding hydrogens is 376 g/mol. The first-order valence-electron chi connectivity index (χ1n) is 9.41. The normalized spacial score (nSPS) is 14.8. The fourth-order valence-electron chi connectivity index (χ4n) is 3.83. The highest BCUT2D eigenvalue weighted by Gasteiger charge is 2.28. The van der Waals surface area contributed by atoms with Crippen LogP contribution in [0.1, 0.15) is 48.5 Å². The number of hydrogen-bond donors (Lipinski definition) is 0. The molecule has 7 heteroatoms. The Morgan fingerprint density at radius 2 is 1.89 bits per heavy atom. The molecule has 1 aromatic carbocycles. The van der Waals surface area contributed by atoms with E-state index in [1.807, 2.05) is 13.2 Å². The number of thioether (sulfide) groups is 1. The van der Waals surface area contributed by atoms with Gasteiger partial charge in [0.1, 0.15) is 0 Å². The second kappa shape index (κ2) is 7.91. The van der Waals surface area contributed by atoms with Gasteiger partial charge in [-0.25, -0.2) is 4.79 Å². The van der Waals surface area contributed by atoms with Crippen molar-refractivity contribution in [2.45, 2.75) is 46.1 Å². The summed E-state index contributed by atoms with van der Waals surface area (Å²) in [5.41, 5.74) is 0.849. The van der Waals surface area contributed by atoms with Gasteiger partial charge in [-0.1, -0.05) is 6.92 Å². The average molecular weight is 401 g/mol. The molecule has 0 amide bonds. The van der Waals surface area contributed by atoms with Gasteiger partial charge >= 0.3 is 5.69 Å². The van der Waals surface area contributed by atoms with Crippen LogP contribution in [0.25, 0.3) is 10.9 Å². The summed E-state index contributed by atoms with van der Waals surface area (Å²) in [6, 6.07) is 3.25. The highest BCUT2D eigenvalue weighted by molar-refractivity contribution is 8.02. The summed E-state index contributed by atoms with van der Waals surface area (Å²) in [6.07, 6.45) is 4.37. The van der Waals surface area contributed by atoms with E-state index >= 15 is 0 Å². The smallest absolute Gasteiger partial charge is 0.296 e. The van der Waals surface area contributed by atoms with Crippen LogP contribution in [0, 0.1) is 6.92 Å². The molecule has 0 N–H and O–H groups in total. The van der Waals surface area contributed by atoms with E-state index in [1.54, 1.807) is 26.1 Å². The van der Waals surface area contributed by atoms with Crippen molar-refractivity contribution in [1.82, 2.24) is 9.13 Å². The Kier molecular flexibility index (Phi) is 5.74. The Morgan fingerprint density at radius 3 is 2.54 bits per heavy atom. The quantitative estimate of drug-likeness (QED) is 0.570. The van der Waals surface area contributed by atoms with Gasteiger partial charge in [-0.3, -0.25) is 23.5 Å². The van der Waals surface area contributed by atoms with E-state index < -0.39 is 0 Å². The molecule has 1 aliphatic rings. The first kappa shape index (κ1) is 20.3. The van der Waals surface area contributed by atoms with Crippen LogP contribution in [0.5, 0.6) is 0 Å². The van der Waals surface area contributed by atoms with Gasteiger partial charge in [0, 0.05) is 25.6 Å². The molecule has 2 aromatic rings. The maximum atomic E-state index is 13.2. The molecule has 0 unspecified atom stereocenters. The van der Waals surface area contributed by atoms with E-state index in [1.165, 1.54) is 20.9 Å². The Bertz CT molecular complexity index is 1140. The molecule has 0 atom stereocenters. The van der Waals surface area contributed by atoms with E-state index in [-0.39, 0.29) is 28.4 Å². The topological polar surface area (TPSA) is 78.1 Å². The van der Waals surface area contributed by atoms with Gasteiger partial charge in [0.25, 0.3) is 5.56 Å². The SMILES string of the molecule is CCCn1c(=O)c2c(C)c(C(=O)C3=C(SC)CCCC3=O)ccc2n(C)c1=O. The lowest BCUT2D eigenvalue weighted by Gasteiger charge is -2.18. The predicted octanol–water partition coefficient (Wildman–Crippen LogP) is 2.97. The minimum Gasteiger partial charge on any atom is -0.296 e. The Balaban J connectivity index is 2.30. The third-order valence-electron chi connectivity index (χ3n) is 5.31. The van der Waals surface area contributed by atoms with Gasteiger partial charge < -0.3 is 0 Å². The Morgan fingerprint density at radius 1 is 1.18 bits per heavy atom. The summed E-state index contributed by atoms with van der Waals surface area (Å²) in [6.45, 7) is 3.93. The molecule has 6 nitrogen and oxygen atoms in total. The average Bonchev–Trinajstić information content (AvgIpc) is 2.68. The van der Waals surface area contributed by atoms with Crippen molar-refractivity contribution in [2.24, 2.45) is 7.05 Å². The highest BCUT2D eigenvalue weighted by atomic mass is 32.2. The molecule has 0 bridgehead atoms. The minimum atomic E-state index is -0.388. The fourth-order valence-corrected chi connectivity index (χ4v) is 4.59. The number of aromatic nitrogens is 2. The molecule has 148 valence electrons. The van der Waals surface area contributed by atoms with E-state index in [9.17, 15) is 19.2 Å². The van der Waals surface area contributed by atoms with E-state index in [0.29, 0.717) is 41.4 Å². The molecule has 3 rings (SSSR count). The third kappa shape index (κ3) is 3.17. The fraction of sp³-hybridized carbons (Fsp3) is 0.429. The van der Waals surface area contributed by atoms with Crippen LogP contribution < -0.4 is 11.2 Å². The number of nitrogens with zero attached hydrogens (tertiary/aromatic N) is 2. The van der Waals surface area contributed by atoms with Crippen molar-refractivity contribution in [1.29, 1.82) is 0 Å². The van der Waals surface area contributed by atoms with Crippen molar-refractivity contribution >= 4 is 34.2 Å². The number of aryl methyl sites for hydroxylation is 2.